The van der Waals surface area contributed by atoms with Crippen LogP contribution in [0.1, 0.15) is 12.5 Å². The van der Waals surface area contributed by atoms with Crippen molar-refractivity contribution in [1.82, 2.24) is 0 Å². The molecular weight excluding hydrogens is 198 g/mol. The minimum Gasteiger partial charge on any atom is -0.398 e. The van der Waals surface area contributed by atoms with E-state index in [-0.39, 0.29) is 0 Å². The number of hydrogen-bond donors (Lipinski definition) is 2. The Hall–Kier alpha value is -0.670. The van der Waals surface area contributed by atoms with Gasteiger partial charge in [-0.25, -0.2) is 0 Å². The number of thiophene rings is 1. The van der Waals surface area contributed by atoms with Crippen molar-refractivity contribution in [2.24, 2.45) is 0 Å². The van der Waals surface area contributed by atoms with Crippen LogP contribution >= 0.6 is 24.0 Å². The van der Waals surface area contributed by atoms with E-state index in [1.54, 1.807) is 11.3 Å². The molecule has 0 aliphatic rings. The van der Waals surface area contributed by atoms with Crippen molar-refractivity contribution in [2.45, 2.75) is 18.2 Å². The summed E-state index contributed by atoms with van der Waals surface area (Å²) < 4.78 is 1.30. The van der Waals surface area contributed by atoms with E-state index < -0.39 is 0 Å². The fraction of sp³-hybridized carbons (Fsp3) is 0.200. The topological polar surface area (TPSA) is 26.0 Å². The third kappa shape index (κ3) is 1.42. The molecule has 0 spiro atoms. The molecule has 2 N–H and O–H groups in total. The van der Waals surface area contributed by atoms with Gasteiger partial charge < -0.3 is 5.73 Å². The molecule has 2 rings (SSSR count). The minimum atomic E-state index is 0.866. The van der Waals surface area contributed by atoms with Crippen LogP contribution in [0.4, 0.5) is 5.69 Å². The molecule has 1 aromatic heterocycles. The van der Waals surface area contributed by atoms with E-state index in [1.165, 1.54) is 10.3 Å². The van der Waals surface area contributed by atoms with Crippen molar-refractivity contribution in [2.75, 3.05) is 5.73 Å². The van der Waals surface area contributed by atoms with Crippen LogP contribution in [0.5, 0.6) is 0 Å². The molecule has 68 valence electrons. The van der Waals surface area contributed by atoms with E-state index in [0.717, 1.165) is 22.4 Å². The maximum Gasteiger partial charge on any atom is 0.0503 e. The van der Waals surface area contributed by atoms with Crippen molar-refractivity contribution >= 4 is 39.7 Å². The Balaban J connectivity index is 2.84. The van der Waals surface area contributed by atoms with E-state index in [9.17, 15) is 0 Å². The second-order valence-corrected chi connectivity index (χ2v) is 4.42. The highest BCUT2D eigenvalue weighted by molar-refractivity contribution is 7.80. The highest BCUT2D eigenvalue weighted by Gasteiger charge is 2.05. The predicted molar refractivity (Wildman–Crippen MR) is 62.9 cm³/mol. The summed E-state index contributed by atoms with van der Waals surface area (Å²) >= 11 is 6.07. The van der Waals surface area contributed by atoms with Crippen molar-refractivity contribution < 1.29 is 0 Å². The first-order valence-electron chi connectivity index (χ1n) is 4.21. The second-order valence-electron chi connectivity index (χ2n) is 3.03. The van der Waals surface area contributed by atoms with Crippen LogP contribution in [-0.4, -0.2) is 0 Å². The van der Waals surface area contributed by atoms with Gasteiger partial charge in [-0.05, 0) is 24.1 Å². The van der Waals surface area contributed by atoms with Crippen molar-refractivity contribution in [3.8, 4) is 0 Å². The summed E-state index contributed by atoms with van der Waals surface area (Å²) in [4.78, 5) is 0.995. The zero-order valence-corrected chi connectivity index (χ0v) is 9.08. The van der Waals surface area contributed by atoms with Gasteiger partial charge >= 0.3 is 0 Å². The molecule has 0 saturated carbocycles. The van der Waals surface area contributed by atoms with Crippen molar-refractivity contribution in [1.29, 1.82) is 0 Å². The Morgan fingerprint density at radius 3 is 2.92 bits per heavy atom. The number of nitrogens with two attached hydrogens (primary N) is 1. The molecule has 3 heteroatoms. The third-order valence-corrected chi connectivity index (χ3v) is 3.49. The van der Waals surface area contributed by atoms with E-state index in [0.29, 0.717) is 0 Å². The summed E-state index contributed by atoms with van der Waals surface area (Å²) in [5.41, 5.74) is 8.05. The number of aryl methyl sites for hydroxylation is 1. The van der Waals surface area contributed by atoms with Crippen LogP contribution in [0.25, 0.3) is 10.1 Å². The molecule has 13 heavy (non-hydrogen) atoms. The average molecular weight is 209 g/mol. The van der Waals surface area contributed by atoms with Gasteiger partial charge in [0.2, 0.25) is 0 Å². The van der Waals surface area contributed by atoms with Crippen LogP contribution in [0.2, 0.25) is 0 Å². The Bertz CT molecular complexity index is 445. The molecule has 0 amide bonds. The summed E-state index contributed by atoms with van der Waals surface area (Å²) in [6, 6.07) is 4.14. The van der Waals surface area contributed by atoms with Crippen LogP contribution in [0.15, 0.2) is 22.4 Å². The normalized spacial score (nSPS) is 10.9. The molecule has 0 aliphatic heterocycles. The maximum atomic E-state index is 5.85. The number of rotatable bonds is 1. The van der Waals surface area contributed by atoms with Gasteiger partial charge in [0, 0.05) is 20.4 Å². The van der Waals surface area contributed by atoms with Crippen LogP contribution in [0.3, 0.4) is 0 Å². The van der Waals surface area contributed by atoms with E-state index in [4.69, 9.17) is 5.73 Å². The molecule has 2 aromatic rings. The van der Waals surface area contributed by atoms with Crippen LogP contribution in [0, 0.1) is 0 Å². The molecule has 1 heterocycles. The Morgan fingerprint density at radius 1 is 1.46 bits per heavy atom. The summed E-state index contributed by atoms with van der Waals surface area (Å²) in [5.74, 6) is 0. The van der Waals surface area contributed by atoms with Crippen molar-refractivity contribution in [3.63, 3.8) is 0 Å². The lowest BCUT2D eigenvalue weighted by atomic mass is 10.1. The number of fused-ring (bicyclic) bond motifs is 1. The van der Waals surface area contributed by atoms with Gasteiger partial charge in [-0.2, -0.15) is 0 Å². The lowest BCUT2D eigenvalue weighted by molar-refractivity contribution is 1.15. The summed E-state index contributed by atoms with van der Waals surface area (Å²) in [7, 11) is 0. The number of anilines is 1. The van der Waals surface area contributed by atoms with Gasteiger partial charge in [-0.3, -0.25) is 0 Å². The molecule has 1 aromatic carbocycles. The van der Waals surface area contributed by atoms with Gasteiger partial charge in [0.25, 0.3) is 0 Å². The zero-order valence-electron chi connectivity index (χ0n) is 7.37. The standard InChI is InChI=1S/C10H11NS2/c1-2-6-3-7(12)4-8-9(11)5-13-10(6)8/h3-5,12H,2,11H2,1H3. The average Bonchev–Trinajstić information content (AvgIpc) is 2.47. The smallest absolute Gasteiger partial charge is 0.0503 e. The minimum absolute atomic E-state index is 0.866. The quantitative estimate of drug-likeness (QED) is 0.692. The van der Waals surface area contributed by atoms with Gasteiger partial charge in [-0.15, -0.1) is 24.0 Å². The first-order chi connectivity index (χ1) is 6.22. The van der Waals surface area contributed by atoms with Crippen molar-refractivity contribution in [3.05, 3.63) is 23.1 Å². The molecule has 0 radical (unpaired) electrons. The first kappa shape index (κ1) is 8.91. The molecular formula is C10H11NS2. The molecule has 0 bridgehead atoms. The Morgan fingerprint density at radius 2 is 2.23 bits per heavy atom. The van der Waals surface area contributed by atoms with Gasteiger partial charge in [-0.1, -0.05) is 6.92 Å². The number of nitrogen functional groups attached to an aromatic ring is 1. The van der Waals surface area contributed by atoms with Crippen LogP contribution < -0.4 is 5.73 Å². The van der Waals surface area contributed by atoms with Crippen LogP contribution in [-0.2, 0) is 6.42 Å². The lowest BCUT2D eigenvalue weighted by Crippen LogP contribution is -1.84. The Labute approximate surface area is 87.0 Å². The van der Waals surface area contributed by atoms with Gasteiger partial charge in [0.05, 0.1) is 5.69 Å². The number of thiol groups is 1. The maximum absolute atomic E-state index is 5.85. The second kappa shape index (κ2) is 3.24. The molecule has 0 aliphatic carbocycles. The first-order valence-corrected chi connectivity index (χ1v) is 5.53. The van der Waals surface area contributed by atoms with E-state index in [1.807, 2.05) is 11.4 Å². The monoisotopic (exact) mass is 209 g/mol. The molecule has 0 saturated heterocycles. The number of benzene rings is 1. The highest BCUT2D eigenvalue weighted by Crippen LogP contribution is 2.33. The largest absolute Gasteiger partial charge is 0.398 e. The third-order valence-electron chi connectivity index (χ3n) is 2.15. The SMILES string of the molecule is CCc1cc(S)cc2c(N)csc12. The predicted octanol–water partition coefficient (Wildman–Crippen LogP) is 3.33. The van der Waals surface area contributed by atoms with E-state index in [2.05, 4.69) is 25.6 Å². The van der Waals surface area contributed by atoms with Gasteiger partial charge in [0.15, 0.2) is 0 Å². The summed E-state index contributed by atoms with van der Waals surface area (Å²) in [6.07, 6.45) is 1.03. The Kier molecular flexibility index (Phi) is 2.22. The lowest BCUT2D eigenvalue weighted by Gasteiger charge is -2.01. The van der Waals surface area contributed by atoms with Gasteiger partial charge in [0.1, 0.15) is 0 Å². The number of hydrogen-bond acceptors (Lipinski definition) is 3. The summed E-state index contributed by atoms with van der Waals surface area (Å²) in [6.45, 7) is 2.15. The fourth-order valence-electron chi connectivity index (χ4n) is 1.47. The zero-order chi connectivity index (χ0) is 9.42. The fourth-order valence-corrected chi connectivity index (χ4v) is 2.79. The van der Waals surface area contributed by atoms with E-state index >= 15 is 0 Å². The highest BCUT2D eigenvalue weighted by atomic mass is 32.1. The summed E-state index contributed by atoms with van der Waals surface area (Å²) in [5, 5.41) is 3.14. The molecule has 1 nitrogen and oxygen atoms in total. The molecule has 0 fully saturated rings. The molecule has 0 unspecified atom stereocenters. The molecule has 0 atom stereocenters.